The van der Waals surface area contributed by atoms with Crippen molar-refractivity contribution in [3.8, 4) is 0 Å². The van der Waals surface area contributed by atoms with Crippen molar-refractivity contribution in [2.45, 2.75) is 19.4 Å². The number of amides is 1. The molecule has 0 radical (unpaired) electrons. The molecule has 1 atom stereocenters. The Morgan fingerprint density at radius 3 is 2.75 bits per heavy atom. The third-order valence-electron chi connectivity index (χ3n) is 3.01. The van der Waals surface area contributed by atoms with E-state index < -0.39 is 5.60 Å². The molecule has 0 fully saturated rings. The molecule has 1 aromatic rings. The summed E-state index contributed by atoms with van der Waals surface area (Å²) in [5, 5.41) is 19.1. The first-order valence-corrected chi connectivity index (χ1v) is 7.53. The van der Waals surface area contributed by atoms with E-state index in [1.807, 2.05) is 6.92 Å². The van der Waals surface area contributed by atoms with Crippen LogP contribution in [0.3, 0.4) is 0 Å². The highest BCUT2D eigenvalue weighted by Crippen LogP contribution is 2.19. The number of carbonyl (C=O) groups is 1. The minimum absolute atomic E-state index is 0. The van der Waals surface area contributed by atoms with Crippen LogP contribution in [0.5, 0.6) is 0 Å². The van der Waals surface area contributed by atoms with Crippen molar-refractivity contribution >= 4 is 35.8 Å². The molecule has 8 nitrogen and oxygen atoms in total. The van der Waals surface area contributed by atoms with Crippen LogP contribution in [0.1, 0.15) is 19.6 Å². The summed E-state index contributed by atoms with van der Waals surface area (Å²) >= 11 is 0. The zero-order valence-electron chi connectivity index (χ0n) is 14.3. The summed E-state index contributed by atoms with van der Waals surface area (Å²) in [6, 6.07) is 3.42. The third kappa shape index (κ3) is 8.50. The Kier molecular flexibility index (Phi) is 11.4. The Morgan fingerprint density at radius 1 is 1.42 bits per heavy atom. The fourth-order valence-electron chi connectivity index (χ4n) is 1.77. The van der Waals surface area contributed by atoms with Crippen molar-refractivity contribution in [3.05, 3.63) is 24.2 Å². The molecule has 0 saturated carbocycles. The third-order valence-corrected chi connectivity index (χ3v) is 3.01. The molecule has 1 aromatic heterocycles. The summed E-state index contributed by atoms with van der Waals surface area (Å²) < 4.78 is 10.1. The Hall–Kier alpha value is -1.33. The maximum Gasteiger partial charge on any atom is 0.241 e. The number of halogens is 1. The van der Waals surface area contributed by atoms with Gasteiger partial charge in [-0.1, -0.05) is 0 Å². The minimum Gasteiger partial charge on any atom is -0.466 e. The molecule has 0 aliphatic heterocycles. The van der Waals surface area contributed by atoms with Crippen LogP contribution in [-0.2, 0) is 15.1 Å². The van der Waals surface area contributed by atoms with Crippen LogP contribution in [0, 0.1) is 0 Å². The number of hydrogen-bond acceptors (Lipinski definition) is 5. The fraction of sp³-hybridized carbons (Fsp3) is 0.600. The van der Waals surface area contributed by atoms with Crippen molar-refractivity contribution < 1.29 is 19.1 Å². The van der Waals surface area contributed by atoms with E-state index in [9.17, 15) is 9.90 Å². The number of carbonyl (C=O) groups excluding carboxylic acids is 1. The van der Waals surface area contributed by atoms with Gasteiger partial charge in [-0.25, -0.2) is 4.99 Å². The molecule has 0 aliphatic rings. The lowest BCUT2D eigenvalue weighted by Gasteiger charge is -2.22. The predicted octanol–water partition coefficient (Wildman–Crippen LogP) is 0.423. The Bertz CT molecular complexity index is 492. The minimum atomic E-state index is -1.18. The van der Waals surface area contributed by atoms with Gasteiger partial charge >= 0.3 is 0 Å². The van der Waals surface area contributed by atoms with Gasteiger partial charge in [-0.3, -0.25) is 4.79 Å². The number of nitrogens with one attached hydrogen (secondary N) is 3. The van der Waals surface area contributed by atoms with E-state index in [4.69, 9.17) is 9.15 Å². The largest absolute Gasteiger partial charge is 0.466 e. The van der Waals surface area contributed by atoms with Gasteiger partial charge < -0.3 is 30.2 Å². The van der Waals surface area contributed by atoms with Gasteiger partial charge in [-0.2, -0.15) is 0 Å². The highest BCUT2D eigenvalue weighted by Gasteiger charge is 2.26. The van der Waals surface area contributed by atoms with Crippen molar-refractivity contribution in [1.29, 1.82) is 0 Å². The van der Waals surface area contributed by atoms with Gasteiger partial charge in [0.15, 0.2) is 5.96 Å². The topological polar surface area (TPSA) is 108 Å². The molecule has 0 saturated heterocycles. The lowest BCUT2D eigenvalue weighted by atomic mass is 10.0. The number of guanidine groups is 1. The van der Waals surface area contributed by atoms with E-state index in [1.54, 1.807) is 26.2 Å². The van der Waals surface area contributed by atoms with Gasteiger partial charge in [0.1, 0.15) is 17.9 Å². The molecule has 9 heteroatoms. The molecule has 0 aliphatic carbocycles. The van der Waals surface area contributed by atoms with Gasteiger partial charge in [-0.15, -0.1) is 24.0 Å². The van der Waals surface area contributed by atoms with Crippen LogP contribution in [0.2, 0.25) is 0 Å². The molecule has 0 spiro atoms. The monoisotopic (exact) mass is 454 g/mol. The lowest BCUT2D eigenvalue weighted by molar-refractivity contribution is -0.119. The molecule has 4 N–H and O–H groups in total. The Labute approximate surface area is 159 Å². The summed E-state index contributed by atoms with van der Waals surface area (Å²) in [7, 11) is 1.57. The summed E-state index contributed by atoms with van der Waals surface area (Å²) in [6.45, 7) is 5.28. The van der Waals surface area contributed by atoms with E-state index in [0.717, 1.165) is 0 Å². The van der Waals surface area contributed by atoms with Gasteiger partial charge in [0.25, 0.3) is 0 Å². The summed E-state index contributed by atoms with van der Waals surface area (Å²) in [4.78, 5) is 15.8. The van der Waals surface area contributed by atoms with Crippen LogP contribution >= 0.6 is 24.0 Å². The molecule has 0 bridgehead atoms. The van der Waals surface area contributed by atoms with E-state index in [-0.39, 0.29) is 43.0 Å². The number of rotatable bonds is 9. The van der Waals surface area contributed by atoms with Crippen molar-refractivity contribution in [2.24, 2.45) is 4.99 Å². The van der Waals surface area contributed by atoms with Crippen molar-refractivity contribution in [1.82, 2.24) is 16.0 Å². The number of ether oxygens (including phenoxy) is 1. The maximum absolute atomic E-state index is 11.6. The molecule has 1 heterocycles. The lowest BCUT2D eigenvalue weighted by Crippen LogP contribution is -2.45. The fourth-order valence-corrected chi connectivity index (χ4v) is 1.77. The summed E-state index contributed by atoms with van der Waals surface area (Å²) in [6.07, 6.45) is 1.51. The second-order valence-electron chi connectivity index (χ2n) is 5.14. The Morgan fingerprint density at radius 2 is 2.17 bits per heavy atom. The molecule has 138 valence electrons. The number of hydrogen-bond donors (Lipinski definition) is 4. The summed E-state index contributed by atoms with van der Waals surface area (Å²) in [5.41, 5.74) is -1.18. The van der Waals surface area contributed by atoms with Crippen LogP contribution in [0.25, 0.3) is 0 Å². The smallest absolute Gasteiger partial charge is 0.241 e. The number of furan rings is 1. The van der Waals surface area contributed by atoms with Crippen LogP contribution in [0.4, 0.5) is 0 Å². The Balaban J connectivity index is 0.00000529. The van der Waals surface area contributed by atoms with Crippen molar-refractivity contribution in [3.63, 3.8) is 0 Å². The van der Waals surface area contributed by atoms with Gasteiger partial charge in [0.2, 0.25) is 5.91 Å². The predicted molar refractivity (Wildman–Crippen MR) is 103 cm³/mol. The van der Waals surface area contributed by atoms with Crippen LogP contribution in [-0.4, -0.2) is 56.9 Å². The van der Waals surface area contributed by atoms with Gasteiger partial charge in [0, 0.05) is 20.2 Å². The average molecular weight is 454 g/mol. The molecule has 1 rings (SSSR count). The molecular weight excluding hydrogens is 427 g/mol. The van der Waals surface area contributed by atoms with E-state index >= 15 is 0 Å². The second-order valence-corrected chi connectivity index (χ2v) is 5.14. The first-order chi connectivity index (χ1) is 11.0. The highest BCUT2D eigenvalue weighted by atomic mass is 127. The molecule has 0 aromatic carbocycles. The molecule has 1 amide bonds. The van der Waals surface area contributed by atoms with E-state index in [0.29, 0.717) is 31.4 Å². The van der Waals surface area contributed by atoms with E-state index in [2.05, 4.69) is 20.9 Å². The summed E-state index contributed by atoms with van der Waals surface area (Å²) in [5.74, 6) is 0.705. The normalized spacial score (nSPS) is 13.6. The number of methoxy groups -OCH3 is 1. The van der Waals surface area contributed by atoms with Gasteiger partial charge in [0.05, 0.1) is 19.4 Å². The SMILES string of the molecule is CCNC(=NCC(=O)NCCOC)NCC(C)(O)c1ccco1.I. The van der Waals surface area contributed by atoms with Crippen molar-refractivity contribution in [2.75, 3.05) is 39.9 Å². The average Bonchev–Trinajstić information content (AvgIpc) is 3.05. The van der Waals surface area contributed by atoms with Crippen LogP contribution < -0.4 is 16.0 Å². The van der Waals surface area contributed by atoms with Gasteiger partial charge in [-0.05, 0) is 26.0 Å². The first kappa shape index (κ1) is 22.7. The zero-order valence-corrected chi connectivity index (χ0v) is 16.6. The second kappa shape index (κ2) is 12.1. The quantitative estimate of drug-likeness (QED) is 0.187. The van der Waals surface area contributed by atoms with E-state index in [1.165, 1.54) is 6.26 Å². The van der Waals surface area contributed by atoms with Crippen LogP contribution in [0.15, 0.2) is 27.8 Å². The first-order valence-electron chi connectivity index (χ1n) is 7.53. The molecular formula is C15H27IN4O4. The zero-order chi connectivity index (χ0) is 17.1. The standard InChI is InChI=1S/C15H26N4O4.HI/c1-4-16-14(18-10-13(20)17-7-9-22-3)19-11-15(2,21)12-6-5-8-23-12;/h5-6,8,21H,4,7,9-11H2,1-3H3,(H,17,20)(H2,16,18,19);1H. The number of nitrogens with zero attached hydrogens (tertiary/aromatic N) is 1. The molecule has 24 heavy (non-hydrogen) atoms. The number of aliphatic imine (C=N–C) groups is 1. The molecule has 1 unspecified atom stereocenters. The number of aliphatic hydroxyl groups is 1. The highest BCUT2D eigenvalue weighted by molar-refractivity contribution is 14.0. The maximum atomic E-state index is 11.6.